The van der Waals surface area contributed by atoms with Crippen LogP contribution in [0.3, 0.4) is 0 Å². The monoisotopic (exact) mass is 1260 g/mol. The molecule has 0 N–H and O–H groups in total. The smallest absolute Gasteiger partial charge is 0.136 e. The summed E-state index contributed by atoms with van der Waals surface area (Å²) in [5.74, 6) is -0.379. The molecule has 0 fully saturated rings. The lowest BCUT2D eigenvalue weighted by Gasteiger charge is -2.13. The van der Waals surface area contributed by atoms with Gasteiger partial charge in [-0.1, -0.05) is 60.7 Å². The molecule has 0 aromatic heterocycles. The van der Waals surface area contributed by atoms with E-state index in [1.807, 2.05) is 69.4 Å². The van der Waals surface area contributed by atoms with Crippen LogP contribution in [0.25, 0.3) is 44.5 Å². The molecule has 0 bridgehead atoms. The van der Waals surface area contributed by atoms with Crippen molar-refractivity contribution in [3.8, 4) is 44.5 Å². The van der Waals surface area contributed by atoms with Gasteiger partial charge in [-0.25, -0.2) is 8.78 Å². The summed E-state index contributed by atoms with van der Waals surface area (Å²) in [7, 11) is 0. The van der Waals surface area contributed by atoms with Gasteiger partial charge in [-0.3, -0.25) is 0 Å². The summed E-state index contributed by atoms with van der Waals surface area (Å²) < 4.78 is 33.5. The van der Waals surface area contributed by atoms with Crippen molar-refractivity contribution in [2.24, 2.45) is 0 Å². The molecule has 224 valence electrons. The highest BCUT2D eigenvalue weighted by Gasteiger charge is 2.13. The van der Waals surface area contributed by atoms with Crippen molar-refractivity contribution in [2.75, 3.05) is 0 Å². The predicted molar refractivity (Wildman–Crippen MR) is 234 cm³/mol. The first-order chi connectivity index (χ1) is 21.6. The lowest BCUT2D eigenvalue weighted by Crippen LogP contribution is -1.94. The van der Waals surface area contributed by atoms with E-state index in [1.54, 1.807) is 0 Å². The number of hydrogen-bond acceptors (Lipinski definition) is 0. The Kier molecular flexibility index (Phi) is 11.5. The Bertz CT molecular complexity index is 1940. The Morgan fingerprint density at radius 3 is 0.933 bits per heavy atom. The minimum atomic E-state index is -0.190. The zero-order chi connectivity index (χ0) is 31.8. The number of hydrogen-bond donors (Lipinski definition) is 0. The molecule has 0 spiro atoms. The predicted octanol–water partition coefficient (Wildman–Crippen LogP) is 13.9. The maximum absolute atomic E-state index is 13.8. The van der Waals surface area contributed by atoms with Crippen LogP contribution in [-0.4, -0.2) is 0 Å². The van der Waals surface area contributed by atoms with Gasteiger partial charge in [0.25, 0.3) is 0 Å². The van der Waals surface area contributed by atoms with Crippen molar-refractivity contribution in [1.29, 1.82) is 0 Å². The summed E-state index contributed by atoms with van der Waals surface area (Å²) >= 11 is 13.7. The van der Waals surface area contributed by atoms with Gasteiger partial charge in [0.05, 0.1) is 0 Å². The van der Waals surface area contributed by atoms with E-state index in [2.05, 4.69) is 163 Å². The first-order valence-electron chi connectivity index (χ1n) is 13.6. The molecule has 8 heteroatoms. The highest BCUT2D eigenvalue weighted by Crippen LogP contribution is 2.36. The molecule has 6 aromatic rings. The zero-order valence-corrected chi connectivity index (χ0v) is 36.1. The fraction of sp³-hybridized carbons (Fsp3) is 0.0270. The molecule has 0 unspecified atom stereocenters. The molecule has 0 aliphatic rings. The average Bonchev–Trinajstić information content (AvgIpc) is 3.00. The van der Waals surface area contributed by atoms with Crippen LogP contribution in [0.2, 0.25) is 0 Å². The van der Waals surface area contributed by atoms with Crippen LogP contribution in [0.5, 0.6) is 0 Å². The van der Waals surface area contributed by atoms with Crippen LogP contribution >= 0.6 is 136 Å². The van der Waals surface area contributed by atoms with Crippen molar-refractivity contribution in [3.63, 3.8) is 0 Å². The van der Waals surface area contributed by atoms with E-state index in [1.165, 1.54) is 52.7 Å². The summed E-state index contributed by atoms with van der Waals surface area (Å²) in [4.78, 5) is 0. The van der Waals surface area contributed by atoms with Crippen LogP contribution < -0.4 is 0 Å². The Labute approximate surface area is 343 Å². The number of rotatable bonds is 6. The molecule has 6 rings (SSSR count). The Hall–Kier alpha value is -0.440. The third kappa shape index (κ3) is 7.90. The number of benzene rings is 6. The van der Waals surface area contributed by atoms with Crippen LogP contribution in [-0.2, 0) is 6.42 Å². The SMILES string of the molecule is Fc1ccc(-c2ccc(-c3ccc(Cc4ccc(-c5ccc(-c6ccc(F)c(I)c6)c(I)c5)c(I)c4)cc3I)cc2I)cc1I. The third-order valence-corrected chi connectivity index (χ3v) is 12.7. The van der Waals surface area contributed by atoms with Crippen molar-refractivity contribution < 1.29 is 8.78 Å². The molecule has 45 heavy (non-hydrogen) atoms. The van der Waals surface area contributed by atoms with E-state index in [0.29, 0.717) is 7.14 Å². The summed E-state index contributed by atoms with van der Waals surface area (Å²) in [6.45, 7) is 0. The van der Waals surface area contributed by atoms with E-state index in [4.69, 9.17) is 0 Å². The second kappa shape index (κ2) is 15.0. The lowest BCUT2D eigenvalue weighted by atomic mass is 9.96. The molecule has 0 saturated carbocycles. The maximum Gasteiger partial charge on any atom is 0.136 e. The van der Waals surface area contributed by atoms with Gasteiger partial charge in [0.15, 0.2) is 0 Å². The molecule has 6 aromatic carbocycles. The normalized spacial score (nSPS) is 11.2. The summed E-state index contributed by atoms with van der Waals surface area (Å²) in [6.07, 6.45) is 0.853. The van der Waals surface area contributed by atoms with E-state index >= 15 is 0 Å². The largest absolute Gasteiger partial charge is 0.206 e. The highest BCUT2D eigenvalue weighted by atomic mass is 127. The maximum atomic E-state index is 13.8. The quantitative estimate of drug-likeness (QED) is 0.146. The molecule has 0 aliphatic heterocycles. The van der Waals surface area contributed by atoms with E-state index < -0.39 is 0 Å². The number of halogens is 8. The third-order valence-electron chi connectivity index (χ3n) is 7.50. The van der Waals surface area contributed by atoms with Crippen molar-refractivity contribution in [1.82, 2.24) is 0 Å². The van der Waals surface area contributed by atoms with Gasteiger partial charge in [-0.15, -0.1) is 0 Å². The summed E-state index contributed by atoms with van der Waals surface area (Å²) in [6, 6.07) is 36.9. The first kappa shape index (κ1) is 34.4. The minimum absolute atomic E-state index is 0.190. The van der Waals surface area contributed by atoms with Gasteiger partial charge in [0.2, 0.25) is 0 Å². The van der Waals surface area contributed by atoms with E-state index in [9.17, 15) is 8.78 Å². The molecule has 0 nitrogen and oxygen atoms in total. The fourth-order valence-electron chi connectivity index (χ4n) is 5.20. The van der Waals surface area contributed by atoms with Gasteiger partial charge in [0, 0.05) is 21.4 Å². The Balaban J connectivity index is 1.19. The Morgan fingerprint density at radius 1 is 0.333 bits per heavy atom. The van der Waals surface area contributed by atoms with Gasteiger partial charge in [-0.2, -0.15) is 0 Å². The summed E-state index contributed by atoms with van der Waals surface area (Å²) in [5, 5.41) is 0. The van der Waals surface area contributed by atoms with Crippen molar-refractivity contribution in [2.45, 2.75) is 6.42 Å². The molecule has 0 radical (unpaired) electrons. The van der Waals surface area contributed by atoms with Gasteiger partial charge in [0.1, 0.15) is 11.6 Å². The first-order valence-corrected chi connectivity index (χ1v) is 20.1. The fourth-order valence-corrected chi connectivity index (χ4v) is 9.67. The van der Waals surface area contributed by atoms with E-state index in [0.717, 1.165) is 35.8 Å². The molecule has 0 saturated heterocycles. The molecular formula is C37H20F2I6. The van der Waals surface area contributed by atoms with E-state index in [-0.39, 0.29) is 11.6 Å². The van der Waals surface area contributed by atoms with Crippen molar-refractivity contribution >= 4 is 136 Å². The molecule has 0 aliphatic carbocycles. The van der Waals surface area contributed by atoms with Crippen molar-refractivity contribution in [3.05, 3.63) is 153 Å². The topological polar surface area (TPSA) is 0 Å². The standard InChI is InChI=1S/C37H20F2I6/c38-30-11-5-24(18-36(30)44)28-9-3-22(16-34(28)42)26-7-1-20(14-32(26)40)13-21-2-8-27(33(41)15-21)23-4-10-29(35(43)17-23)25-6-12-31(39)37(45)19-25/h1-12,14-19H,13H2. The highest BCUT2D eigenvalue weighted by molar-refractivity contribution is 14.1. The second-order valence-electron chi connectivity index (χ2n) is 10.5. The average molecular weight is 1260 g/mol. The molecular weight excluding hydrogens is 1240 g/mol. The molecule has 0 heterocycles. The Morgan fingerprint density at radius 2 is 0.622 bits per heavy atom. The summed E-state index contributed by atoms with van der Waals surface area (Å²) in [5.41, 5.74) is 11.5. The van der Waals surface area contributed by atoms with Crippen LogP contribution in [0.4, 0.5) is 8.78 Å². The van der Waals surface area contributed by atoms with Gasteiger partial charge >= 0.3 is 0 Å². The molecule has 0 atom stereocenters. The zero-order valence-electron chi connectivity index (χ0n) is 23.1. The second-order valence-corrected chi connectivity index (χ2v) is 17.4. The van der Waals surface area contributed by atoms with Crippen LogP contribution in [0.1, 0.15) is 11.1 Å². The van der Waals surface area contributed by atoms with Crippen LogP contribution in [0.15, 0.2) is 109 Å². The van der Waals surface area contributed by atoms with Gasteiger partial charge < -0.3 is 0 Å². The van der Waals surface area contributed by atoms with Gasteiger partial charge in [-0.05, 0) is 246 Å². The minimum Gasteiger partial charge on any atom is -0.206 e. The lowest BCUT2D eigenvalue weighted by molar-refractivity contribution is 0.620. The molecule has 0 amide bonds. The van der Waals surface area contributed by atoms with Crippen LogP contribution in [0, 0.1) is 33.1 Å².